The average Bonchev–Trinajstić information content (AvgIpc) is 2.85. The van der Waals surface area contributed by atoms with Gasteiger partial charge >= 0.3 is 0 Å². The molecule has 7 nitrogen and oxygen atoms in total. The number of nitrogens with zero attached hydrogens (tertiary/aromatic N) is 5. The molecular weight excluding hydrogens is 412 g/mol. The minimum atomic E-state index is -0.0559. The Kier molecular flexibility index (Phi) is 6.04. The first-order valence-electron chi connectivity index (χ1n) is 11.4. The number of hydrogen-bond acceptors (Lipinski definition) is 6. The van der Waals surface area contributed by atoms with Gasteiger partial charge in [0.2, 0.25) is 5.95 Å². The van der Waals surface area contributed by atoms with Crippen LogP contribution >= 0.6 is 0 Å². The minimum Gasteiger partial charge on any atom is -0.369 e. The van der Waals surface area contributed by atoms with Crippen LogP contribution in [0.5, 0.6) is 0 Å². The molecule has 4 aromatic rings. The third-order valence-corrected chi connectivity index (χ3v) is 6.18. The number of nitrogens with one attached hydrogen (secondary N) is 1. The van der Waals surface area contributed by atoms with Crippen molar-refractivity contribution in [2.24, 2.45) is 0 Å². The summed E-state index contributed by atoms with van der Waals surface area (Å²) in [6, 6.07) is 21.9. The standard InChI is InChI=1S/C26H28N6O/c1-30-15-17-31(18-16-30)23-10-8-22(9-11-23)28-26-27-19-21-7-12-24(33)32(25(21)29-26)14-13-20-5-3-2-4-6-20/h2-12,19H,13-18H2,1H3,(H,27,28,29). The van der Waals surface area contributed by atoms with Gasteiger partial charge in [0.25, 0.3) is 5.56 Å². The van der Waals surface area contributed by atoms with Crippen LogP contribution in [-0.4, -0.2) is 52.7 Å². The van der Waals surface area contributed by atoms with Crippen LogP contribution in [0.25, 0.3) is 11.0 Å². The number of fused-ring (bicyclic) bond motifs is 1. The monoisotopic (exact) mass is 440 g/mol. The lowest BCUT2D eigenvalue weighted by molar-refractivity contribution is 0.313. The molecule has 1 N–H and O–H groups in total. The van der Waals surface area contributed by atoms with E-state index in [-0.39, 0.29) is 5.56 Å². The van der Waals surface area contributed by atoms with E-state index in [2.05, 4.69) is 68.5 Å². The zero-order valence-corrected chi connectivity index (χ0v) is 18.8. The van der Waals surface area contributed by atoms with E-state index in [4.69, 9.17) is 0 Å². The summed E-state index contributed by atoms with van der Waals surface area (Å²) in [5, 5.41) is 4.14. The van der Waals surface area contributed by atoms with Crippen molar-refractivity contribution in [2.45, 2.75) is 13.0 Å². The van der Waals surface area contributed by atoms with Crippen molar-refractivity contribution in [1.82, 2.24) is 19.4 Å². The fourth-order valence-electron chi connectivity index (χ4n) is 4.18. The largest absolute Gasteiger partial charge is 0.369 e. The third kappa shape index (κ3) is 4.88. The van der Waals surface area contributed by atoms with E-state index >= 15 is 0 Å². The lowest BCUT2D eigenvalue weighted by Crippen LogP contribution is -2.44. The van der Waals surface area contributed by atoms with Crippen molar-refractivity contribution >= 4 is 28.4 Å². The molecule has 5 rings (SSSR count). The third-order valence-electron chi connectivity index (χ3n) is 6.18. The van der Waals surface area contributed by atoms with Crippen LogP contribution in [-0.2, 0) is 13.0 Å². The summed E-state index contributed by atoms with van der Waals surface area (Å²) in [4.78, 5) is 26.5. The number of rotatable bonds is 6. The van der Waals surface area contributed by atoms with Crippen LogP contribution in [0.15, 0.2) is 77.7 Å². The SMILES string of the molecule is CN1CCN(c2ccc(Nc3ncc4ccc(=O)n(CCc5ccccc5)c4n3)cc2)CC1. The van der Waals surface area contributed by atoms with Crippen LogP contribution < -0.4 is 15.8 Å². The zero-order chi connectivity index (χ0) is 22.6. The number of aryl methyl sites for hydroxylation is 2. The van der Waals surface area contributed by atoms with Gasteiger partial charge in [0, 0.05) is 61.7 Å². The molecule has 1 aliphatic heterocycles. The van der Waals surface area contributed by atoms with Crippen molar-refractivity contribution in [3.63, 3.8) is 0 Å². The molecular formula is C26H28N6O. The van der Waals surface area contributed by atoms with Crippen LogP contribution in [0.3, 0.4) is 0 Å². The first-order chi connectivity index (χ1) is 16.2. The highest BCUT2D eigenvalue weighted by Gasteiger charge is 2.14. The Morgan fingerprint density at radius 1 is 0.909 bits per heavy atom. The van der Waals surface area contributed by atoms with Crippen LogP contribution in [0.2, 0.25) is 0 Å². The van der Waals surface area contributed by atoms with Gasteiger partial charge in [-0.3, -0.25) is 9.36 Å². The molecule has 3 heterocycles. The molecule has 1 saturated heterocycles. The van der Waals surface area contributed by atoms with E-state index in [0.717, 1.165) is 43.7 Å². The van der Waals surface area contributed by atoms with E-state index < -0.39 is 0 Å². The summed E-state index contributed by atoms with van der Waals surface area (Å²) >= 11 is 0. The van der Waals surface area contributed by atoms with Crippen LogP contribution in [0, 0.1) is 0 Å². The normalized spacial score (nSPS) is 14.5. The highest BCUT2D eigenvalue weighted by atomic mass is 16.1. The maximum Gasteiger partial charge on any atom is 0.252 e. The highest BCUT2D eigenvalue weighted by Crippen LogP contribution is 2.21. The zero-order valence-electron chi connectivity index (χ0n) is 18.8. The fraction of sp³-hybridized carbons (Fsp3) is 0.269. The molecule has 0 saturated carbocycles. The van der Waals surface area contributed by atoms with Gasteiger partial charge in [0.15, 0.2) is 0 Å². The van der Waals surface area contributed by atoms with Gasteiger partial charge in [0.05, 0.1) is 0 Å². The Labute approximate surface area is 193 Å². The Hall–Kier alpha value is -3.71. The van der Waals surface area contributed by atoms with Gasteiger partial charge in [-0.15, -0.1) is 0 Å². The summed E-state index contributed by atoms with van der Waals surface area (Å²) < 4.78 is 1.73. The molecule has 168 valence electrons. The van der Waals surface area contributed by atoms with Crippen molar-refractivity contribution in [1.29, 1.82) is 0 Å². The second-order valence-electron chi connectivity index (χ2n) is 8.49. The Bertz CT molecular complexity index is 1280. The highest BCUT2D eigenvalue weighted by molar-refractivity contribution is 5.75. The Balaban J connectivity index is 1.35. The number of anilines is 3. The Morgan fingerprint density at radius 3 is 2.42 bits per heavy atom. The molecule has 0 aliphatic carbocycles. The van der Waals surface area contributed by atoms with Gasteiger partial charge < -0.3 is 15.1 Å². The molecule has 0 bridgehead atoms. The number of benzene rings is 2. The molecule has 1 aliphatic rings. The smallest absolute Gasteiger partial charge is 0.252 e. The minimum absolute atomic E-state index is 0.0559. The maximum atomic E-state index is 12.6. The van der Waals surface area contributed by atoms with Crippen molar-refractivity contribution in [3.05, 3.63) is 88.8 Å². The van der Waals surface area contributed by atoms with Gasteiger partial charge in [-0.05, 0) is 49.4 Å². The molecule has 2 aromatic heterocycles. The van der Waals surface area contributed by atoms with Crippen molar-refractivity contribution < 1.29 is 0 Å². The fourth-order valence-corrected chi connectivity index (χ4v) is 4.18. The molecule has 33 heavy (non-hydrogen) atoms. The predicted octanol–water partition coefficient (Wildman–Crippen LogP) is 3.53. The maximum absolute atomic E-state index is 12.6. The summed E-state index contributed by atoms with van der Waals surface area (Å²) in [5.41, 5.74) is 3.92. The van der Waals surface area contributed by atoms with E-state index in [0.29, 0.717) is 18.1 Å². The van der Waals surface area contributed by atoms with Crippen LogP contribution in [0.1, 0.15) is 5.56 Å². The summed E-state index contributed by atoms with van der Waals surface area (Å²) in [5.74, 6) is 0.480. The molecule has 0 spiro atoms. The molecule has 2 aromatic carbocycles. The van der Waals surface area contributed by atoms with Gasteiger partial charge in [-0.25, -0.2) is 4.98 Å². The predicted molar refractivity (Wildman–Crippen MR) is 133 cm³/mol. The van der Waals surface area contributed by atoms with Crippen molar-refractivity contribution in [3.8, 4) is 0 Å². The second kappa shape index (κ2) is 9.42. The Morgan fingerprint density at radius 2 is 1.67 bits per heavy atom. The number of likely N-dealkylation sites (N-methyl/N-ethyl adjacent to an activating group) is 1. The molecule has 0 atom stereocenters. The van der Waals surface area contributed by atoms with Crippen molar-refractivity contribution in [2.75, 3.05) is 43.4 Å². The van der Waals surface area contributed by atoms with E-state index in [1.54, 1.807) is 22.9 Å². The average molecular weight is 441 g/mol. The lowest BCUT2D eigenvalue weighted by Gasteiger charge is -2.34. The number of piperazine rings is 1. The molecule has 0 amide bonds. The summed E-state index contributed by atoms with van der Waals surface area (Å²) in [6.07, 6.45) is 2.53. The summed E-state index contributed by atoms with van der Waals surface area (Å²) in [7, 11) is 2.16. The molecule has 1 fully saturated rings. The number of aromatic nitrogens is 3. The number of hydrogen-bond donors (Lipinski definition) is 1. The van der Waals surface area contributed by atoms with Gasteiger partial charge in [-0.1, -0.05) is 30.3 Å². The summed E-state index contributed by atoms with van der Waals surface area (Å²) in [6.45, 7) is 4.80. The van der Waals surface area contributed by atoms with Gasteiger partial charge in [-0.2, -0.15) is 4.98 Å². The second-order valence-corrected chi connectivity index (χ2v) is 8.49. The molecule has 0 radical (unpaired) electrons. The quantitative estimate of drug-likeness (QED) is 0.495. The molecule has 7 heteroatoms. The van der Waals surface area contributed by atoms with Crippen LogP contribution in [0.4, 0.5) is 17.3 Å². The number of pyridine rings is 1. The topological polar surface area (TPSA) is 66.3 Å². The van der Waals surface area contributed by atoms with Gasteiger partial charge in [0.1, 0.15) is 5.65 Å². The lowest BCUT2D eigenvalue weighted by atomic mass is 10.1. The first kappa shape index (κ1) is 21.2. The molecule has 0 unspecified atom stereocenters. The van der Waals surface area contributed by atoms with E-state index in [1.165, 1.54) is 11.3 Å². The first-order valence-corrected chi connectivity index (χ1v) is 11.4. The van der Waals surface area contributed by atoms with E-state index in [1.807, 2.05) is 18.2 Å². The van der Waals surface area contributed by atoms with E-state index in [9.17, 15) is 4.79 Å².